The van der Waals surface area contributed by atoms with E-state index in [1.807, 2.05) is 0 Å². The van der Waals surface area contributed by atoms with Crippen LogP contribution in [0.2, 0.25) is 0 Å². The highest BCUT2D eigenvalue weighted by Crippen LogP contribution is 2.35. The zero-order chi connectivity index (χ0) is 13.3. The van der Waals surface area contributed by atoms with Crippen molar-refractivity contribution in [2.45, 2.75) is 45.7 Å². The molecule has 1 unspecified atom stereocenters. The first-order valence-electron chi connectivity index (χ1n) is 6.68. The van der Waals surface area contributed by atoms with Gasteiger partial charge >= 0.3 is 0 Å². The molecular formula is C15H23BrN2. The van der Waals surface area contributed by atoms with Crippen LogP contribution in [0.15, 0.2) is 22.7 Å². The Labute approximate surface area is 119 Å². The maximum absolute atomic E-state index is 3.73. The van der Waals surface area contributed by atoms with Crippen LogP contribution in [0, 0.1) is 6.92 Å². The molecule has 3 heteroatoms. The van der Waals surface area contributed by atoms with Gasteiger partial charge in [0.25, 0.3) is 0 Å². The van der Waals surface area contributed by atoms with Crippen LogP contribution in [0.1, 0.15) is 32.8 Å². The number of anilines is 1. The minimum absolute atomic E-state index is 0.133. The summed E-state index contributed by atoms with van der Waals surface area (Å²) < 4.78 is 1.20. The molecule has 1 heterocycles. The zero-order valence-corrected chi connectivity index (χ0v) is 13.3. The summed E-state index contributed by atoms with van der Waals surface area (Å²) in [6.07, 6.45) is 1.18. The van der Waals surface area contributed by atoms with Crippen LogP contribution in [-0.2, 0) is 0 Å². The first-order chi connectivity index (χ1) is 8.42. The Morgan fingerprint density at radius 2 is 2.11 bits per heavy atom. The monoisotopic (exact) mass is 310 g/mol. The Balaban J connectivity index is 2.43. The molecule has 18 heavy (non-hydrogen) atoms. The molecule has 1 fully saturated rings. The second-order valence-electron chi connectivity index (χ2n) is 5.95. The largest absolute Gasteiger partial charge is 0.361 e. The number of benzene rings is 1. The van der Waals surface area contributed by atoms with Crippen molar-refractivity contribution in [2.24, 2.45) is 0 Å². The van der Waals surface area contributed by atoms with Crippen molar-refractivity contribution >= 4 is 21.6 Å². The van der Waals surface area contributed by atoms with E-state index < -0.39 is 0 Å². The number of hydrogen-bond acceptors (Lipinski definition) is 2. The van der Waals surface area contributed by atoms with Gasteiger partial charge in [0, 0.05) is 22.6 Å². The summed E-state index contributed by atoms with van der Waals surface area (Å²) in [5.41, 5.74) is 2.74. The van der Waals surface area contributed by atoms with E-state index in [0.717, 1.165) is 13.1 Å². The molecule has 0 aliphatic carbocycles. The van der Waals surface area contributed by atoms with Crippen LogP contribution in [0.4, 0.5) is 5.69 Å². The lowest BCUT2D eigenvalue weighted by Crippen LogP contribution is -2.52. The first kappa shape index (κ1) is 13.9. The Hall–Kier alpha value is -0.540. The van der Waals surface area contributed by atoms with Crippen LogP contribution in [0.3, 0.4) is 0 Å². The van der Waals surface area contributed by atoms with Gasteiger partial charge in [-0.25, -0.2) is 0 Å². The fraction of sp³-hybridized carbons (Fsp3) is 0.600. The van der Waals surface area contributed by atoms with Crippen molar-refractivity contribution in [1.29, 1.82) is 0 Å². The Morgan fingerprint density at radius 3 is 2.78 bits per heavy atom. The Morgan fingerprint density at radius 1 is 1.39 bits per heavy atom. The van der Waals surface area contributed by atoms with Crippen LogP contribution in [0.5, 0.6) is 0 Å². The molecule has 1 aromatic carbocycles. The molecule has 2 nitrogen and oxygen atoms in total. The third-order valence-electron chi connectivity index (χ3n) is 3.75. The molecule has 0 amide bonds. The highest BCUT2D eigenvalue weighted by Gasteiger charge is 2.33. The van der Waals surface area contributed by atoms with Gasteiger partial charge in [0.15, 0.2) is 0 Å². The van der Waals surface area contributed by atoms with E-state index in [0.29, 0.717) is 6.04 Å². The van der Waals surface area contributed by atoms with Crippen LogP contribution < -0.4 is 10.2 Å². The minimum Gasteiger partial charge on any atom is -0.361 e. The summed E-state index contributed by atoms with van der Waals surface area (Å²) >= 11 is 3.73. The predicted molar refractivity (Wildman–Crippen MR) is 82.4 cm³/mol. The summed E-state index contributed by atoms with van der Waals surface area (Å²) in [5, 5.41) is 3.54. The molecule has 0 bridgehead atoms. The molecular weight excluding hydrogens is 288 g/mol. The zero-order valence-electron chi connectivity index (χ0n) is 11.8. The van der Waals surface area contributed by atoms with E-state index in [2.05, 4.69) is 72.0 Å². The molecule has 0 saturated carbocycles. The standard InChI is InChI=1S/C15H23BrN2/c1-11-5-6-14(13(16)9-11)18-12(2)7-8-17-10-15(18,3)4/h5-6,9,12,17H,7-8,10H2,1-4H3. The topological polar surface area (TPSA) is 15.3 Å². The highest BCUT2D eigenvalue weighted by atomic mass is 79.9. The molecule has 0 radical (unpaired) electrons. The number of halogens is 1. The molecule has 0 aromatic heterocycles. The van der Waals surface area contributed by atoms with Gasteiger partial charge in [-0.05, 0) is 74.3 Å². The summed E-state index contributed by atoms with van der Waals surface area (Å²) in [6.45, 7) is 11.2. The Kier molecular flexibility index (Phi) is 4.02. The van der Waals surface area contributed by atoms with Gasteiger partial charge in [0.05, 0.1) is 5.69 Å². The van der Waals surface area contributed by atoms with Crippen LogP contribution in [0.25, 0.3) is 0 Å². The van der Waals surface area contributed by atoms with E-state index in [-0.39, 0.29) is 5.54 Å². The van der Waals surface area contributed by atoms with Gasteiger partial charge in [-0.15, -0.1) is 0 Å². The van der Waals surface area contributed by atoms with E-state index in [9.17, 15) is 0 Å². The summed E-state index contributed by atoms with van der Waals surface area (Å²) in [7, 11) is 0. The summed E-state index contributed by atoms with van der Waals surface area (Å²) in [6, 6.07) is 7.19. The SMILES string of the molecule is Cc1ccc(N2C(C)CCNCC2(C)C)c(Br)c1. The van der Waals surface area contributed by atoms with Crippen molar-refractivity contribution in [3.8, 4) is 0 Å². The smallest absolute Gasteiger partial charge is 0.0518 e. The van der Waals surface area contributed by atoms with Gasteiger partial charge in [0.1, 0.15) is 0 Å². The van der Waals surface area contributed by atoms with Crippen molar-refractivity contribution in [2.75, 3.05) is 18.0 Å². The molecule has 100 valence electrons. The average Bonchev–Trinajstić information content (AvgIpc) is 2.39. The number of aryl methyl sites for hydroxylation is 1. The normalized spacial score (nSPS) is 23.8. The molecule has 1 N–H and O–H groups in total. The van der Waals surface area contributed by atoms with Crippen molar-refractivity contribution in [1.82, 2.24) is 5.32 Å². The lowest BCUT2D eigenvalue weighted by atomic mass is 9.99. The third kappa shape index (κ3) is 2.72. The van der Waals surface area contributed by atoms with Gasteiger partial charge in [0.2, 0.25) is 0 Å². The van der Waals surface area contributed by atoms with E-state index in [1.54, 1.807) is 0 Å². The summed E-state index contributed by atoms with van der Waals surface area (Å²) in [4.78, 5) is 2.55. The van der Waals surface area contributed by atoms with Crippen LogP contribution in [-0.4, -0.2) is 24.7 Å². The minimum atomic E-state index is 0.133. The van der Waals surface area contributed by atoms with Crippen molar-refractivity contribution in [3.63, 3.8) is 0 Å². The average molecular weight is 311 g/mol. The van der Waals surface area contributed by atoms with E-state index in [1.165, 1.54) is 22.1 Å². The molecule has 1 aromatic rings. The Bertz CT molecular complexity index is 429. The number of nitrogens with one attached hydrogen (secondary N) is 1. The highest BCUT2D eigenvalue weighted by molar-refractivity contribution is 9.10. The maximum atomic E-state index is 3.73. The molecule has 0 spiro atoms. The maximum Gasteiger partial charge on any atom is 0.0518 e. The second kappa shape index (κ2) is 5.22. The van der Waals surface area contributed by atoms with Gasteiger partial charge in [-0.1, -0.05) is 6.07 Å². The number of hydrogen-bond donors (Lipinski definition) is 1. The quantitative estimate of drug-likeness (QED) is 0.850. The van der Waals surface area contributed by atoms with Crippen molar-refractivity contribution in [3.05, 3.63) is 28.2 Å². The van der Waals surface area contributed by atoms with Crippen LogP contribution >= 0.6 is 15.9 Å². The summed E-state index contributed by atoms with van der Waals surface area (Å²) in [5.74, 6) is 0. The third-order valence-corrected chi connectivity index (χ3v) is 4.39. The van der Waals surface area contributed by atoms with Gasteiger partial charge in [-0.3, -0.25) is 0 Å². The fourth-order valence-corrected chi connectivity index (χ4v) is 3.57. The van der Waals surface area contributed by atoms with E-state index in [4.69, 9.17) is 0 Å². The lowest BCUT2D eigenvalue weighted by Gasteiger charge is -2.43. The lowest BCUT2D eigenvalue weighted by molar-refractivity contribution is 0.432. The predicted octanol–water partition coefficient (Wildman–Crippen LogP) is 3.72. The van der Waals surface area contributed by atoms with Gasteiger partial charge < -0.3 is 10.2 Å². The molecule has 1 aliphatic heterocycles. The molecule has 1 atom stereocenters. The molecule has 1 saturated heterocycles. The molecule has 2 rings (SSSR count). The number of nitrogens with zero attached hydrogens (tertiary/aromatic N) is 1. The second-order valence-corrected chi connectivity index (χ2v) is 6.81. The number of rotatable bonds is 1. The molecule has 1 aliphatic rings. The van der Waals surface area contributed by atoms with Gasteiger partial charge in [-0.2, -0.15) is 0 Å². The van der Waals surface area contributed by atoms with E-state index >= 15 is 0 Å². The first-order valence-corrected chi connectivity index (χ1v) is 7.47. The van der Waals surface area contributed by atoms with Crippen molar-refractivity contribution < 1.29 is 0 Å². The fourth-order valence-electron chi connectivity index (χ4n) is 2.89.